The summed E-state index contributed by atoms with van der Waals surface area (Å²) in [7, 11) is 0. The molecule has 2 fully saturated rings. The molecule has 2 aliphatic rings. The first-order valence-corrected chi connectivity index (χ1v) is 6.30. The number of nitrogens with zero attached hydrogens (tertiary/aromatic N) is 1. The van der Waals surface area contributed by atoms with Gasteiger partial charge in [0.15, 0.2) is 0 Å². The third kappa shape index (κ3) is 3.19. The van der Waals surface area contributed by atoms with Gasteiger partial charge in [0, 0.05) is 25.3 Å². The van der Waals surface area contributed by atoms with Crippen LogP contribution >= 0.6 is 0 Å². The summed E-state index contributed by atoms with van der Waals surface area (Å²) in [6, 6.07) is 1.14. The van der Waals surface area contributed by atoms with E-state index in [2.05, 4.69) is 4.90 Å². The minimum Gasteiger partial charge on any atom is -0.465 e. The van der Waals surface area contributed by atoms with E-state index in [4.69, 9.17) is 9.47 Å². The number of ether oxygens (including phenoxy) is 2. The molecule has 0 aromatic carbocycles. The van der Waals surface area contributed by atoms with Crippen molar-refractivity contribution in [3.8, 4) is 0 Å². The Morgan fingerprint density at radius 2 is 1.88 bits per heavy atom. The summed E-state index contributed by atoms with van der Waals surface area (Å²) >= 11 is 0. The van der Waals surface area contributed by atoms with Crippen molar-refractivity contribution in [2.75, 3.05) is 26.4 Å². The van der Waals surface area contributed by atoms with Gasteiger partial charge in [-0.05, 0) is 32.6 Å². The van der Waals surface area contributed by atoms with Crippen LogP contribution in [0.5, 0.6) is 0 Å². The third-order valence-electron chi connectivity index (χ3n) is 3.29. The monoisotopic (exact) mass is 227 g/mol. The van der Waals surface area contributed by atoms with Gasteiger partial charge in [0.2, 0.25) is 0 Å². The lowest BCUT2D eigenvalue weighted by atomic mass is 10.1. The quantitative estimate of drug-likeness (QED) is 0.661. The van der Waals surface area contributed by atoms with Crippen molar-refractivity contribution in [1.82, 2.24) is 4.90 Å². The van der Waals surface area contributed by atoms with E-state index >= 15 is 0 Å². The summed E-state index contributed by atoms with van der Waals surface area (Å²) in [6.07, 6.45) is 4.57. The molecule has 0 amide bonds. The molecule has 1 aliphatic heterocycles. The van der Waals surface area contributed by atoms with Gasteiger partial charge in [0.25, 0.3) is 0 Å². The molecule has 1 saturated heterocycles. The van der Waals surface area contributed by atoms with E-state index < -0.39 is 0 Å². The van der Waals surface area contributed by atoms with Crippen LogP contribution in [0.2, 0.25) is 0 Å². The highest BCUT2D eigenvalue weighted by Gasteiger charge is 2.35. The van der Waals surface area contributed by atoms with Crippen LogP contribution in [0.15, 0.2) is 0 Å². The molecule has 4 nitrogen and oxygen atoms in total. The maximum atomic E-state index is 11.5. The van der Waals surface area contributed by atoms with E-state index in [1.54, 1.807) is 0 Å². The second-order valence-corrected chi connectivity index (χ2v) is 4.55. The van der Waals surface area contributed by atoms with Crippen molar-refractivity contribution in [3.05, 3.63) is 0 Å². The number of esters is 1. The molecule has 16 heavy (non-hydrogen) atoms. The van der Waals surface area contributed by atoms with Crippen LogP contribution in [-0.2, 0) is 14.3 Å². The highest BCUT2D eigenvalue weighted by molar-refractivity contribution is 5.71. The summed E-state index contributed by atoms with van der Waals surface area (Å²) in [5.74, 6) is -0.0825. The summed E-state index contributed by atoms with van der Waals surface area (Å²) in [5.41, 5.74) is 0. The van der Waals surface area contributed by atoms with Crippen molar-refractivity contribution in [3.63, 3.8) is 0 Å². The molecule has 0 unspecified atom stereocenters. The van der Waals surface area contributed by atoms with E-state index in [0.29, 0.717) is 25.2 Å². The molecule has 1 heterocycles. The largest absolute Gasteiger partial charge is 0.465 e. The second kappa shape index (κ2) is 5.64. The van der Waals surface area contributed by atoms with Crippen molar-refractivity contribution < 1.29 is 14.3 Å². The molecule has 0 aromatic heterocycles. The Bertz CT molecular complexity index is 234. The molecule has 4 heteroatoms. The normalized spacial score (nSPS) is 22.4. The number of carbonyl (C=O) groups excluding carboxylic acids is 1. The molecule has 1 aliphatic carbocycles. The second-order valence-electron chi connectivity index (χ2n) is 4.55. The molecule has 2 rings (SSSR count). The maximum absolute atomic E-state index is 11.5. The van der Waals surface area contributed by atoms with Gasteiger partial charge in [-0.25, -0.2) is 0 Å². The average molecular weight is 227 g/mol. The predicted octanol–water partition coefficient (Wildman–Crippen LogP) is 1.19. The van der Waals surface area contributed by atoms with Crippen LogP contribution in [0.3, 0.4) is 0 Å². The standard InChI is InChI=1S/C12H21NO3/c1-2-16-12(14)9-13(10-3-4-10)11-5-7-15-8-6-11/h10-11H,2-9H2,1H3. The predicted molar refractivity (Wildman–Crippen MR) is 60.2 cm³/mol. The lowest BCUT2D eigenvalue weighted by Gasteiger charge is -2.33. The lowest BCUT2D eigenvalue weighted by molar-refractivity contribution is -0.145. The summed E-state index contributed by atoms with van der Waals surface area (Å²) < 4.78 is 10.4. The molecule has 0 N–H and O–H groups in total. The van der Waals surface area contributed by atoms with E-state index in [0.717, 1.165) is 26.1 Å². The molecule has 1 saturated carbocycles. The molecule has 0 spiro atoms. The van der Waals surface area contributed by atoms with Gasteiger partial charge in [0.05, 0.1) is 13.2 Å². The summed E-state index contributed by atoms with van der Waals surface area (Å²) in [4.78, 5) is 13.9. The Labute approximate surface area is 96.9 Å². The van der Waals surface area contributed by atoms with Gasteiger partial charge < -0.3 is 9.47 Å². The van der Waals surface area contributed by atoms with Gasteiger partial charge in [-0.15, -0.1) is 0 Å². The van der Waals surface area contributed by atoms with Crippen LogP contribution in [0.4, 0.5) is 0 Å². The van der Waals surface area contributed by atoms with Gasteiger partial charge >= 0.3 is 5.97 Å². The van der Waals surface area contributed by atoms with Crippen LogP contribution in [0.25, 0.3) is 0 Å². The number of hydrogen-bond donors (Lipinski definition) is 0. The molecular weight excluding hydrogens is 206 g/mol. The van der Waals surface area contributed by atoms with Crippen LogP contribution in [0, 0.1) is 0 Å². The maximum Gasteiger partial charge on any atom is 0.320 e. The molecule has 0 aromatic rings. The van der Waals surface area contributed by atoms with Crippen molar-refractivity contribution in [2.45, 2.75) is 44.7 Å². The minimum atomic E-state index is -0.0825. The number of carbonyl (C=O) groups is 1. The Morgan fingerprint density at radius 3 is 2.44 bits per heavy atom. The first-order chi connectivity index (χ1) is 7.81. The lowest BCUT2D eigenvalue weighted by Crippen LogP contribution is -2.44. The van der Waals surface area contributed by atoms with E-state index in [1.165, 1.54) is 12.8 Å². The highest BCUT2D eigenvalue weighted by atomic mass is 16.5. The van der Waals surface area contributed by atoms with Crippen molar-refractivity contribution >= 4 is 5.97 Å². The van der Waals surface area contributed by atoms with Crippen molar-refractivity contribution in [1.29, 1.82) is 0 Å². The minimum absolute atomic E-state index is 0.0825. The SMILES string of the molecule is CCOC(=O)CN(C1CCOCC1)C1CC1. The van der Waals surface area contributed by atoms with Crippen LogP contribution < -0.4 is 0 Å². The zero-order chi connectivity index (χ0) is 11.4. The van der Waals surface area contributed by atoms with Gasteiger partial charge in [-0.2, -0.15) is 0 Å². The highest BCUT2D eigenvalue weighted by Crippen LogP contribution is 2.31. The third-order valence-corrected chi connectivity index (χ3v) is 3.29. The van der Waals surface area contributed by atoms with Gasteiger partial charge in [0.1, 0.15) is 0 Å². The van der Waals surface area contributed by atoms with Gasteiger partial charge in [-0.3, -0.25) is 9.69 Å². The molecule has 0 atom stereocenters. The Morgan fingerprint density at radius 1 is 1.25 bits per heavy atom. The summed E-state index contributed by atoms with van der Waals surface area (Å²) in [5, 5.41) is 0. The van der Waals surface area contributed by atoms with E-state index in [9.17, 15) is 4.79 Å². The smallest absolute Gasteiger partial charge is 0.320 e. The zero-order valence-electron chi connectivity index (χ0n) is 9.98. The van der Waals surface area contributed by atoms with E-state index in [-0.39, 0.29) is 5.97 Å². The molecule has 0 bridgehead atoms. The average Bonchev–Trinajstić information content (AvgIpc) is 3.11. The fraction of sp³-hybridized carbons (Fsp3) is 0.917. The Kier molecular flexibility index (Phi) is 4.18. The first-order valence-electron chi connectivity index (χ1n) is 6.30. The first kappa shape index (κ1) is 11.9. The topological polar surface area (TPSA) is 38.8 Å². The number of rotatable bonds is 5. The van der Waals surface area contributed by atoms with Crippen LogP contribution in [-0.4, -0.2) is 49.3 Å². The van der Waals surface area contributed by atoms with Crippen LogP contribution in [0.1, 0.15) is 32.6 Å². The number of hydrogen-bond acceptors (Lipinski definition) is 4. The molecule has 92 valence electrons. The Hall–Kier alpha value is -0.610. The zero-order valence-corrected chi connectivity index (χ0v) is 9.98. The summed E-state index contributed by atoms with van der Waals surface area (Å²) in [6.45, 7) is 4.45. The van der Waals surface area contributed by atoms with Gasteiger partial charge in [-0.1, -0.05) is 0 Å². The molecular formula is C12H21NO3. The van der Waals surface area contributed by atoms with E-state index in [1.807, 2.05) is 6.92 Å². The fourth-order valence-electron chi connectivity index (χ4n) is 2.34. The Balaban J connectivity index is 1.86. The van der Waals surface area contributed by atoms with Crippen molar-refractivity contribution in [2.24, 2.45) is 0 Å². The fourth-order valence-corrected chi connectivity index (χ4v) is 2.34. The molecule has 0 radical (unpaired) electrons.